The van der Waals surface area contributed by atoms with Crippen molar-refractivity contribution in [3.63, 3.8) is 0 Å². The normalized spacial score (nSPS) is 10.4. The maximum atomic E-state index is 11.8. The van der Waals surface area contributed by atoms with Gasteiger partial charge in [0.25, 0.3) is 0 Å². The Kier molecular flexibility index (Phi) is 6.65. The first-order valence-corrected chi connectivity index (χ1v) is 8.12. The first-order valence-electron chi connectivity index (χ1n) is 8.12. The summed E-state index contributed by atoms with van der Waals surface area (Å²) in [6.07, 6.45) is 1.24. The average Bonchev–Trinajstić information content (AvgIpc) is 2.62. The molecule has 140 valence electrons. The third kappa shape index (κ3) is 5.67. The van der Waals surface area contributed by atoms with Crippen molar-refractivity contribution in [3.05, 3.63) is 59.2 Å². The van der Waals surface area contributed by atoms with Crippen molar-refractivity contribution < 1.29 is 24.2 Å². The molecule has 0 aliphatic rings. The fraction of sp³-hybridized carbons (Fsp3) is 0.158. The fourth-order valence-corrected chi connectivity index (χ4v) is 2.20. The van der Waals surface area contributed by atoms with Crippen LogP contribution in [0.1, 0.15) is 28.4 Å². The SMILES string of the molecule is CCOc1ccc(/C=N\NC(=O)C(=O)Nc2cccc(C)c2)cc1C(=O)O. The van der Waals surface area contributed by atoms with Gasteiger partial charge in [-0.25, -0.2) is 10.2 Å². The molecule has 8 heteroatoms. The van der Waals surface area contributed by atoms with E-state index in [2.05, 4.69) is 15.8 Å². The number of nitrogens with one attached hydrogen (secondary N) is 2. The Morgan fingerprint density at radius 3 is 2.59 bits per heavy atom. The number of carboxylic acids is 1. The molecule has 0 unspecified atom stereocenters. The van der Waals surface area contributed by atoms with E-state index in [4.69, 9.17) is 4.74 Å². The predicted octanol–water partition coefficient (Wildman–Crippen LogP) is 2.18. The highest BCUT2D eigenvalue weighted by atomic mass is 16.5. The molecule has 0 saturated heterocycles. The summed E-state index contributed by atoms with van der Waals surface area (Å²) in [5.74, 6) is -2.72. The van der Waals surface area contributed by atoms with E-state index in [0.717, 1.165) is 5.56 Å². The van der Waals surface area contributed by atoms with Crippen LogP contribution in [0.2, 0.25) is 0 Å². The Bertz CT molecular complexity index is 893. The molecule has 0 aliphatic heterocycles. The second kappa shape index (κ2) is 9.14. The Morgan fingerprint density at radius 1 is 1.15 bits per heavy atom. The van der Waals surface area contributed by atoms with Gasteiger partial charge in [0.2, 0.25) is 0 Å². The summed E-state index contributed by atoms with van der Waals surface area (Å²) in [6.45, 7) is 3.94. The summed E-state index contributed by atoms with van der Waals surface area (Å²) in [7, 11) is 0. The predicted molar refractivity (Wildman–Crippen MR) is 100 cm³/mol. The third-order valence-electron chi connectivity index (χ3n) is 3.40. The van der Waals surface area contributed by atoms with Crippen LogP contribution in [-0.4, -0.2) is 35.7 Å². The maximum absolute atomic E-state index is 11.8. The van der Waals surface area contributed by atoms with Gasteiger partial charge in [0.1, 0.15) is 11.3 Å². The highest BCUT2D eigenvalue weighted by Crippen LogP contribution is 2.19. The van der Waals surface area contributed by atoms with Crippen LogP contribution in [-0.2, 0) is 9.59 Å². The summed E-state index contributed by atoms with van der Waals surface area (Å²) in [6, 6.07) is 11.4. The van der Waals surface area contributed by atoms with E-state index in [0.29, 0.717) is 17.9 Å². The molecule has 0 heterocycles. The number of amides is 2. The van der Waals surface area contributed by atoms with Gasteiger partial charge in [0.15, 0.2) is 0 Å². The van der Waals surface area contributed by atoms with Crippen molar-refractivity contribution in [1.82, 2.24) is 5.43 Å². The molecular formula is C19H19N3O5. The number of hydrogen-bond donors (Lipinski definition) is 3. The number of nitrogens with zero attached hydrogens (tertiary/aromatic N) is 1. The minimum absolute atomic E-state index is 0.0238. The topological polar surface area (TPSA) is 117 Å². The molecule has 0 saturated carbocycles. The molecule has 0 atom stereocenters. The van der Waals surface area contributed by atoms with Gasteiger partial charge in [0, 0.05) is 5.69 Å². The van der Waals surface area contributed by atoms with Crippen LogP contribution >= 0.6 is 0 Å². The molecule has 2 amide bonds. The van der Waals surface area contributed by atoms with Gasteiger partial charge in [0.05, 0.1) is 12.8 Å². The molecule has 8 nitrogen and oxygen atoms in total. The van der Waals surface area contributed by atoms with Gasteiger partial charge in [-0.3, -0.25) is 9.59 Å². The molecule has 2 rings (SSSR count). The average molecular weight is 369 g/mol. The number of carbonyl (C=O) groups is 3. The molecule has 0 aliphatic carbocycles. The van der Waals surface area contributed by atoms with Crippen molar-refractivity contribution in [1.29, 1.82) is 0 Å². The van der Waals surface area contributed by atoms with Crippen LogP contribution in [0.3, 0.4) is 0 Å². The Hall–Kier alpha value is -3.68. The highest BCUT2D eigenvalue weighted by molar-refractivity contribution is 6.39. The molecule has 0 spiro atoms. The van der Waals surface area contributed by atoms with Crippen LogP contribution in [0.5, 0.6) is 5.75 Å². The lowest BCUT2D eigenvalue weighted by Gasteiger charge is -2.07. The summed E-state index contributed by atoms with van der Waals surface area (Å²) < 4.78 is 5.24. The second-order valence-electron chi connectivity index (χ2n) is 5.52. The standard InChI is InChI=1S/C19H19N3O5/c1-3-27-16-8-7-13(10-15(16)19(25)26)11-20-22-18(24)17(23)21-14-6-4-5-12(2)9-14/h4-11H,3H2,1-2H3,(H,21,23)(H,22,24)(H,25,26)/b20-11-. The number of hydrazone groups is 1. The zero-order valence-electron chi connectivity index (χ0n) is 14.9. The molecule has 27 heavy (non-hydrogen) atoms. The van der Waals surface area contributed by atoms with Crippen LogP contribution < -0.4 is 15.5 Å². The van der Waals surface area contributed by atoms with Gasteiger partial charge in [-0.2, -0.15) is 5.10 Å². The van der Waals surface area contributed by atoms with E-state index in [9.17, 15) is 19.5 Å². The number of ether oxygens (including phenoxy) is 1. The lowest BCUT2D eigenvalue weighted by molar-refractivity contribution is -0.136. The van der Waals surface area contributed by atoms with E-state index in [1.165, 1.54) is 18.3 Å². The highest BCUT2D eigenvalue weighted by Gasteiger charge is 2.13. The molecular weight excluding hydrogens is 350 g/mol. The van der Waals surface area contributed by atoms with Crippen LogP contribution in [0.15, 0.2) is 47.6 Å². The summed E-state index contributed by atoms with van der Waals surface area (Å²) >= 11 is 0. The van der Waals surface area contributed by atoms with E-state index in [1.807, 2.05) is 13.0 Å². The Labute approximate surface area is 155 Å². The zero-order valence-corrected chi connectivity index (χ0v) is 14.9. The first-order chi connectivity index (χ1) is 12.9. The van der Waals surface area contributed by atoms with Crippen LogP contribution in [0, 0.1) is 6.92 Å². The van der Waals surface area contributed by atoms with E-state index in [-0.39, 0.29) is 11.3 Å². The van der Waals surface area contributed by atoms with Crippen LogP contribution in [0.25, 0.3) is 0 Å². The maximum Gasteiger partial charge on any atom is 0.339 e. The summed E-state index contributed by atoms with van der Waals surface area (Å²) in [5, 5.41) is 15.4. The summed E-state index contributed by atoms with van der Waals surface area (Å²) in [4.78, 5) is 34.9. The van der Waals surface area contributed by atoms with E-state index < -0.39 is 17.8 Å². The van der Waals surface area contributed by atoms with Crippen molar-refractivity contribution in [3.8, 4) is 5.75 Å². The molecule has 0 fully saturated rings. The van der Waals surface area contributed by atoms with Crippen LogP contribution in [0.4, 0.5) is 5.69 Å². The Balaban J connectivity index is 1.99. The van der Waals surface area contributed by atoms with Gasteiger partial charge in [-0.05, 0) is 55.3 Å². The lowest BCUT2D eigenvalue weighted by atomic mass is 10.1. The minimum atomic E-state index is -1.14. The molecule has 3 N–H and O–H groups in total. The first kappa shape index (κ1) is 19.6. The van der Waals surface area contributed by atoms with Gasteiger partial charge in [-0.15, -0.1) is 0 Å². The Morgan fingerprint density at radius 2 is 1.93 bits per heavy atom. The van der Waals surface area contributed by atoms with Gasteiger partial charge < -0.3 is 15.2 Å². The minimum Gasteiger partial charge on any atom is -0.493 e. The smallest absolute Gasteiger partial charge is 0.339 e. The molecule has 0 radical (unpaired) electrons. The van der Waals surface area contributed by atoms with Crippen molar-refractivity contribution in [2.45, 2.75) is 13.8 Å². The monoisotopic (exact) mass is 369 g/mol. The van der Waals surface area contributed by atoms with Crippen molar-refractivity contribution in [2.75, 3.05) is 11.9 Å². The van der Waals surface area contributed by atoms with Gasteiger partial charge >= 0.3 is 17.8 Å². The number of carbonyl (C=O) groups excluding carboxylic acids is 2. The lowest BCUT2D eigenvalue weighted by Crippen LogP contribution is -2.32. The molecule has 0 aromatic heterocycles. The number of benzene rings is 2. The second-order valence-corrected chi connectivity index (χ2v) is 5.52. The number of rotatable bonds is 6. The number of aromatic carboxylic acids is 1. The third-order valence-corrected chi connectivity index (χ3v) is 3.40. The molecule has 0 bridgehead atoms. The number of carboxylic acid groups (broad SMARTS) is 1. The fourth-order valence-electron chi connectivity index (χ4n) is 2.20. The number of anilines is 1. The zero-order chi connectivity index (χ0) is 19.8. The molecule has 2 aromatic carbocycles. The number of hydrogen-bond acceptors (Lipinski definition) is 5. The summed E-state index contributed by atoms with van der Waals surface area (Å²) in [5.41, 5.74) is 3.93. The van der Waals surface area contributed by atoms with Crippen molar-refractivity contribution in [2.24, 2.45) is 5.10 Å². The van der Waals surface area contributed by atoms with E-state index >= 15 is 0 Å². The van der Waals surface area contributed by atoms with Crippen molar-refractivity contribution >= 4 is 29.7 Å². The van der Waals surface area contributed by atoms with E-state index in [1.54, 1.807) is 31.2 Å². The number of aryl methyl sites for hydroxylation is 1. The quantitative estimate of drug-likeness (QED) is 0.410. The largest absolute Gasteiger partial charge is 0.493 e. The molecule has 2 aromatic rings. The van der Waals surface area contributed by atoms with Gasteiger partial charge in [-0.1, -0.05) is 12.1 Å².